The molecule has 2 rings (SSSR count). The number of aromatic nitrogens is 1. The second kappa shape index (κ2) is 6.19. The molecule has 0 saturated heterocycles. The number of hydrazine groups is 1. The van der Waals surface area contributed by atoms with Crippen molar-refractivity contribution < 1.29 is 4.92 Å². The van der Waals surface area contributed by atoms with Crippen LogP contribution in [0.3, 0.4) is 0 Å². The average Bonchev–Trinajstić information content (AvgIpc) is 2.47. The minimum Gasteiger partial charge on any atom is -0.363 e. The minimum absolute atomic E-state index is 0.0364. The molecular weight excluding hydrogens is 270 g/mol. The first-order valence-electron chi connectivity index (χ1n) is 6.46. The van der Waals surface area contributed by atoms with Crippen LogP contribution < -0.4 is 16.6 Å². The minimum atomic E-state index is -0.482. The van der Waals surface area contributed by atoms with Gasteiger partial charge in [-0.2, -0.15) is 0 Å². The number of nitrogen functional groups attached to an aromatic ring is 1. The van der Waals surface area contributed by atoms with E-state index in [1.165, 1.54) is 17.7 Å². The molecule has 1 aromatic carbocycles. The first-order chi connectivity index (χ1) is 9.99. The molecule has 1 unspecified atom stereocenters. The molecule has 0 spiro atoms. The molecule has 21 heavy (non-hydrogen) atoms. The van der Waals surface area contributed by atoms with Crippen LogP contribution in [0.4, 0.5) is 17.3 Å². The van der Waals surface area contributed by atoms with Gasteiger partial charge in [-0.05, 0) is 19.4 Å². The predicted molar refractivity (Wildman–Crippen MR) is 81.9 cm³/mol. The molecule has 4 N–H and O–H groups in total. The number of benzene rings is 1. The van der Waals surface area contributed by atoms with Crippen LogP contribution >= 0.6 is 0 Å². The zero-order chi connectivity index (χ0) is 15.4. The number of nitrogens with one attached hydrogen (secondary N) is 2. The van der Waals surface area contributed by atoms with Gasteiger partial charge in [0.05, 0.1) is 17.1 Å². The highest BCUT2D eigenvalue weighted by molar-refractivity contribution is 5.55. The highest BCUT2D eigenvalue weighted by Gasteiger charge is 2.13. The fourth-order valence-electron chi connectivity index (χ4n) is 1.93. The Balaban J connectivity index is 2.23. The maximum atomic E-state index is 10.9. The van der Waals surface area contributed by atoms with Crippen LogP contribution in [0.1, 0.15) is 24.1 Å². The predicted octanol–water partition coefficient (Wildman–Crippen LogP) is 2.76. The molecule has 2 aromatic rings. The summed E-state index contributed by atoms with van der Waals surface area (Å²) in [7, 11) is 0. The normalized spacial score (nSPS) is 11.8. The van der Waals surface area contributed by atoms with Crippen LogP contribution in [0.5, 0.6) is 0 Å². The van der Waals surface area contributed by atoms with E-state index < -0.39 is 4.92 Å². The van der Waals surface area contributed by atoms with Crippen molar-refractivity contribution >= 4 is 17.3 Å². The van der Waals surface area contributed by atoms with Crippen LogP contribution in [0, 0.1) is 17.0 Å². The summed E-state index contributed by atoms with van der Waals surface area (Å²) in [5, 5.41) is 14.0. The van der Waals surface area contributed by atoms with Gasteiger partial charge in [0, 0.05) is 6.04 Å². The van der Waals surface area contributed by atoms with E-state index in [0.717, 1.165) is 5.56 Å². The van der Waals surface area contributed by atoms with Gasteiger partial charge in [0.2, 0.25) is 0 Å². The molecule has 7 nitrogen and oxygen atoms in total. The number of nitrogens with zero attached hydrogens (tertiary/aromatic N) is 2. The van der Waals surface area contributed by atoms with Crippen molar-refractivity contribution in [2.24, 2.45) is 5.84 Å². The number of nitrogens with two attached hydrogens (primary N) is 1. The SMILES string of the molecule is Cc1ccc(C(C)Nc2cc([N+](=O)[O-])cc(NN)n2)cc1. The Morgan fingerprint density at radius 1 is 1.24 bits per heavy atom. The van der Waals surface area contributed by atoms with Crippen LogP contribution in [-0.4, -0.2) is 9.91 Å². The third-order valence-electron chi connectivity index (χ3n) is 3.11. The Hall–Kier alpha value is -2.67. The van der Waals surface area contributed by atoms with Crippen LogP contribution in [-0.2, 0) is 0 Å². The maximum Gasteiger partial charge on any atom is 0.276 e. The smallest absolute Gasteiger partial charge is 0.276 e. The lowest BCUT2D eigenvalue weighted by Crippen LogP contribution is -2.12. The van der Waals surface area contributed by atoms with Crippen molar-refractivity contribution in [2.75, 3.05) is 10.7 Å². The quantitative estimate of drug-likeness (QED) is 0.443. The zero-order valence-electron chi connectivity index (χ0n) is 11.8. The molecule has 0 radical (unpaired) electrons. The number of hydrogen-bond donors (Lipinski definition) is 3. The van der Waals surface area contributed by atoms with Gasteiger partial charge in [-0.15, -0.1) is 0 Å². The lowest BCUT2D eigenvalue weighted by molar-refractivity contribution is -0.384. The molecule has 1 aromatic heterocycles. The molecule has 1 atom stereocenters. The molecule has 0 fully saturated rings. The third kappa shape index (κ3) is 3.67. The molecule has 0 aliphatic rings. The summed E-state index contributed by atoms with van der Waals surface area (Å²) < 4.78 is 0. The molecule has 1 heterocycles. The Morgan fingerprint density at radius 2 is 1.86 bits per heavy atom. The van der Waals surface area contributed by atoms with E-state index in [4.69, 9.17) is 5.84 Å². The monoisotopic (exact) mass is 287 g/mol. The van der Waals surface area contributed by atoms with Gasteiger partial charge >= 0.3 is 0 Å². The van der Waals surface area contributed by atoms with Crippen molar-refractivity contribution in [1.82, 2.24) is 4.98 Å². The molecule has 0 aliphatic carbocycles. The van der Waals surface area contributed by atoms with Crippen molar-refractivity contribution in [3.8, 4) is 0 Å². The molecule has 0 amide bonds. The van der Waals surface area contributed by atoms with E-state index in [1.54, 1.807) is 0 Å². The summed E-state index contributed by atoms with van der Waals surface area (Å²) in [6.45, 7) is 3.98. The highest BCUT2D eigenvalue weighted by atomic mass is 16.6. The van der Waals surface area contributed by atoms with Crippen molar-refractivity contribution in [1.29, 1.82) is 0 Å². The Morgan fingerprint density at radius 3 is 2.43 bits per heavy atom. The molecular formula is C14H17N5O2. The third-order valence-corrected chi connectivity index (χ3v) is 3.11. The van der Waals surface area contributed by atoms with Gasteiger partial charge in [-0.1, -0.05) is 29.8 Å². The molecule has 7 heteroatoms. The Bertz CT molecular complexity index is 642. The van der Waals surface area contributed by atoms with E-state index in [1.807, 2.05) is 38.1 Å². The van der Waals surface area contributed by atoms with E-state index in [-0.39, 0.29) is 17.5 Å². The van der Waals surface area contributed by atoms with Crippen molar-refractivity contribution in [2.45, 2.75) is 19.9 Å². The van der Waals surface area contributed by atoms with Gasteiger partial charge < -0.3 is 10.7 Å². The number of rotatable bonds is 5. The van der Waals surface area contributed by atoms with Crippen LogP contribution in [0.15, 0.2) is 36.4 Å². The number of hydrogen-bond acceptors (Lipinski definition) is 6. The number of nitro groups is 1. The molecule has 0 saturated carbocycles. The van der Waals surface area contributed by atoms with Crippen molar-refractivity contribution in [3.05, 3.63) is 57.6 Å². The van der Waals surface area contributed by atoms with Crippen LogP contribution in [0.25, 0.3) is 0 Å². The average molecular weight is 287 g/mol. The second-order valence-corrected chi connectivity index (χ2v) is 4.77. The first-order valence-corrected chi connectivity index (χ1v) is 6.46. The van der Waals surface area contributed by atoms with Crippen LogP contribution in [0.2, 0.25) is 0 Å². The molecule has 0 bridgehead atoms. The van der Waals surface area contributed by atoms with E-state index in [0.29, 0.717) is 5.82 Å². The summed E-state index contributed by atoms with van der Waals surface area (Å²) in [5.74, 6) is 5.92. The summed E-state index contributed by atoms with van der Waals surface area (Å²) in [5.41, 5.74) is 4.50. The Kier molecular flexibility index (Phi) is 4.34. The lowest BCUT2D eigenvalue weighted by Gasteiger charge is -2.15. The number of anilines is 2. The fourth-order valence-corrected chi connectivity index (χ4v) is 1.93. The summed E-state index contributed by atoms with van der Waals surface area (Å²) >= 11 is 0. The van der Waals surface area contributed by atoms with Gasteiger partial charge in [0.1, 0.15) is 11.6 Å². The van der Waals surface area contributed by atoms with Gasteiger partial charge in [0.25, 0.3) is 5.69 Å². The summed E-state index contributed by atoms with van der Waals surface area (Å²) in [4.78, 5) is 14.6. The second-order valence-electron chi connectivity index (χ2n) is 4.77. The number of pyridine rings is 1. The zero-order valence-corrected chi connectivity index (χ0v) is 11.8. The standard InChI is InChI=1S/C14H17N5O2/c1-9-3-5-11(6-4-9)10(2)16-13-7-12(19(20)21)8-14(17-13)18-15/h3-8,10H,15H2,1-2H3,(H2,16,17,18). The lowest BCUT2D eigenvalue weighted by atomic mass is 10.1. The largest absolute Gasteiger partial charge is 0.363 e. The van der Waals surface area contributed by atoms with E-state index in [9.17, 15) is 10.1 Å². The van der Waals surface area contributed by atoms with Gasteiger partial charge in [0.15, 0.2) is 0 Å². The van der Waals surface area contributed by atoms with E-state index >= 15 is 0 Å². The van der Waals surface area contributed by atoms with Crippen molar-refractivity contribution in [3.63, 3.8) is 0 Å². The molecule has 0 aliphatic heterocycles. The summed E-state index contributed by atoms with van der Waals surface area (Å²) in [6, 6.07) is 10.7. The first kappa shape index (κ1) is 14.7. The molecule has 110 valence electrons. The van der Waals surface area contributed by atoms with Gasteiger partial charge in [-0.3, -0.25) is 10.1 Å². The highest BCUT2D eigenvalue weighted by Crippen LogP contribution is 2.24. The fraction of sp³-hybridized carbons (Fsp3) is 0.214. The Labute approximate surface area is 122 Å². The van der Waals surface area contributed by atoms with Gasteiger partial charge in [-0.25, -0.2) is 10.8 Å². The topological polar surface area (TPSA) is 106 Å². The maximum absolute atomic E-state index is 10.9. The van der Waals surface area contributed by atoms with E-state index in [2.05, 4.69) is 15.7 Å². The summed E-state index contributed by atoms with van der Waals surface area (Å²) in [6.07, 6.45) is 0. The number of aryl methyl sites for hydroxylation is 1.